The summed E-state index contributed by atoms with van der Waals surface area (Å²) in [4.78, 5) is 4.00. The van der Waals surface area contributed by atoms with Gasteiger partial charge in [-0.1, -0.05) is 18.7 Å². The zero-order valence-corrected chi connectivity index (χ0v) is 9.11. The largest absolute Gasteiger partial charge is 0.301 e. The molecule has 0 saturated carbocycles. The van der Waals surface area contributed by atoms with Crippen molar-refractivity contribution in [2.75, 3.05) is 0 Å². The number of nitrogens with zero attached hydrogens (tertiary/aromatic N) is 4. The third kappa shape index (κ3) is 1.43. The summed E-state index contributed by atoms with van der Waals surface area (Å²) in [7, 11) is 0. The molecule has 1 unspecified atom stereocenters. The molecule has 0 fully saturated rings. The molecule has 0 radical (unpaired) electrons. The summed E-state index contributed by atoms with van der Waals surface area (Å²) < 4.78 is 2.17. The molecule has 0 saturated heterocycles. The Labute approximate surface area is 91.7 Å². The second kappa shape index (κ2) is 3.34. The van der Waals surface area contributed by atoms with Crippen molar-refractivity contribution in [1.29, 1.82) is 0 Å². The summed E-state index contributed by atoms with van der Waals surface area (Å²) in [6.45, 7) is 3.19. The molecule has 0 bridgehead atoms. The van der Waals surface area contributed by atoms with Crippen molar-refractivity contribution in [3.63, 3.8) is 0 Å². The molecule has 0 spiro atoms. The molecule has 1 aliphatic rings. The van der Waals surface area contributed by atoms with Crippen molar-refractivity contribution in [2.45, 2.75) is 23.9 Å². The molecular formula is C10H10N4S. The molecule has 0 N–H and O–H groups in total. The second-order valence-corrected chi connectivity index (χ2v) is 4.99. The van der Waals surface area contributed by atoms with Gasteiger partial charge >= 0.3 is 0 Å². The monoisotopic (exact) mass is 218 g/mol. The van der Waals surface area contributed by atoms with E-state index in [4.69, 9.17) is 0 Å². The Morgan fingerprint density at radius 2 is 2.13 bits per heavy atom. The van der Waals surface area contributed by atoms with Gasteiger partial charge in [0.25, 0.3) is 0 Å². The van der Waals surface area contributed by atoms with Gasteiger partial charge in [-0.15, -0.1) is 10.2 Å². The molecule has 0 aromatic carbocycles. The fraction of sp³-hybridized carbons (Fsp3) is 0.300. The molecule has 15 heavy (non-hydrogen) atoms. The van der Waals surface area contributed by atoms with Crippen LogP contribution in [0.2, 0.25) is 0 Å². The lowest BCUT2D eigenvalue weighted by Gasteiger charge is -2.02. The number of aromatic nitrogens is 4. The third-order valence-corrected chi connectivity index (χ3v) is 3.47. The highest BCUT2D eigenvalue weighted by molar-refractivity contribution is 7.99. The average Bonchev–Trinajstić information content (AvgIpc) is 2.77. The van der Waals surface area contributed by atoms with Crippen LogP contribution in [0.25, 0.3) is 11.4 Å². The fourth-order valence-electron chi connectivity index (χ4n) is 1.73. The van der Waals surface area contributed by atoms with Crippen LogP contribution in [0, 0.1) is 0 Å². The van der Waals surface area contributed by atoms with E-state index in [2.05, 4.69) is 26.7 Å². The van der Waals surface area contributed by atoms with E-state index in [-0.39, 0.29) is 0 Å². The highest BCUT2D eigenvalue weighted by atomic mass is 32.2. The summed E-state index contributed by atoms with van der Waals surface area (Å²) >= 11 is 1.78. The lowest BCUT2D eigenvalue weighted by molar-refractivity contribution is 0.675. The number of fused-ring (bicyclic) bond motifs is 1. The van der Waals surface area contributed by atoms with Crippen LogP contribution in [-0.2, 0) is 6.54 Å². The Morgan fingerprint density at radius 1 is 1.33 bits per heavy atom. The Kier molecular flexibility index (Phi) is 1.98. The summed E-state index contributed by atoms with van der Waals surface area (Å²) in [5, 5.41) is 10.0. The Balaban J connectivity index is 2.08. The van der Waals surface area contributed by atoms with Gasteiger partial charge in [-0.2, -0.15) is 0 Å². The smallest absolute Gasteiger partial charge is 0.191 e. The zero-order valence-electron chi connectivity index (χ0n) is 8.29. The molecule has 0 aliphatic carbocycles. The topological polar surface area (TPSA) is 43.6 Å². The first-order valence-corrected chi connectivity index (χ1v) is 5.73. The van der Waals surface area contributed by atoms with Crippen LogP contribution in [0.5, 0.6) is 0 Å². The van der Waals surface area contributed by atoms with E-state index >= 15 is 0 Å². The molecule has 4 nitrogen and oxygen atoms in total. The van der Waals surface area contributed by atoms with Gasteiger partial charge in [-0.05, 0) is 12.1 Å². The van der Waals surface area contributed by atoms with Crippen LogP contribution in [0.3, 0.4) is 0 Å². The van der Waals surface area contributed by atoms with Gasteiger partial charge < -0.3 is 4.57 Å². The van der Waals surface area contributed by atoms with Gasteiger partial charge in [0.2, 0.25) is 0 Å². The first-order valence-electron chi connectivity index (χ1n) is 4.85. The van der Waals surface area contributed by atoms with Gasteiger partial charge in [0, 0.05) is 29.8 Å². The molecule has 2 aromatic heterocycles. The predicted molar refractivity (Wildman–Crippen MR) is 58.6 cm³/mol. The average molecular weight is 218 g/mol. The quantitative estimate of drug-likeness (QED) is 0.732. The van der Waals surface area contributed by atoms with Crippen molar-refractivity contribution >= 4 is 11.8 Å². The first kappa shape index (κ1) is 8.91. The highest BCUT2D eigenvalue weighted by Crippen LogP contribution is 2.33. The maximum atomic E-state index is 4.21. The van der Waals surface area contributed by atoms with E-state index in [9.17, 15) is 0 Å². The van der Waals surface area contributed by atoms with Crippen LogP contribution in [-0.4, -0.2) is 25.0 Å². The van der Waals surface area contributed by atoms with E-state index in [1.165, 1.54) is 0 Å². The lowest BCUT2D eigenvalue weighted by Crippen LogP contribution is -2.02. The molecule has 1 aliphatic heterocycles. The number of rotatable bonds is 1. The molecule has 3 rings (SSSR count). The minimum absolute atomic E-state index is 0.594. The van der Waals surface area contributed by atoms with Crippen molar-refractivity contribution in [1.82, 2.24) is 19.7 Å². The molecule has 3 heterocycles. The van der Waals surface area contributed by atoms with Gasteiger partial charge in [0.1, 0.15) is 0 Å². The van der Waals surface area contributed by atoms with Crippen LogP contribution in [0.4, 0.5) is 0 Å². The van der Waals surface area contributed by atoms with Gasteiger partial charge in [-0.3, -0.25) is 4.98 Å². The van der Waals surface area contributed by atoms with Gasteiger partial charge in [-0.25, -0.2) is 0 Å². The summed E-state index contributed by atoms with van der Waals surface area (Å²) in [5.41, 5.74) is 1.08. The van der Waals surface area contributed by atoms with E-state index in [1.54, 1.807) is 24.2 Å². The maximum absolute atomic E-state index is 4.21. The van der Waals surface area contributed by atoms with Crippen molar-refractivity contribution < 1.29 is 0 Å². The normalized spacial score (nSPS) is 19.1. The third-order valence-electron chi connectivity index (χ3n) is 2.40. The fourth-order valence-corrected chi connectivity index (χ4v) is 2.69. The number of thioether (sulfide) groups is 1. The number of pyridine rings is 1. The molecular weight excluding hydrogens is 208 g/mol. The van der Waals surface area contributed by atoms with Crippen LogP contribution < -0.4 is 0 Å². The summed E-state index contributed by atoms with van der Waals surface area (Å²) in [5.74, 6) is 0.948. The molecule has 5 heteroatoms. The molecule has 0 amide bonds. The van der Waals surface area contributed by atoms with E-state index in [0.29, 0.717) is 5.25 Å². The lowest BCUT2D eigenvalue weighted by atomic mass is 10.2. The summed E-state index contributed by atoms with van der Waals surface area (Å²) in [6, 6.07) is 3.93. The highest BCUT2D eigenvalue weighted by Gasteiger charge is 2.24. The Hall–Kier alpha value is -1.36. The van der Waals surface area contributed by atoms with Crippen molar-refractivity contribution in [3.8, 4) is 11.4 Å². The van der Waals surface area contributed by atoms with Crippen molar-refractivity contribution in [3.05, 3.63) is 24.5 Å². The Bertz CT molecular complexity index is 479. The standard InChI is InChI=1S/C10H10N4S/c1-7-6-14-9(12-13-10(14)15-7)8-2-4-11-5-3-8/h2-5,7H,6H2,1H3. The number of hydrogen-bond acceptors (Lipinski definition) is 4. The first-order chi connectivity index (χ1) is 7.34. The Morgan fingerprint density at radius 3 is 2.93 bits per heavy atom. The van der Waals surface area contributed by atoms with Gasteiger partial charge in [0.05, 0.1) is 0 Å². The zero-order chi connectivity index (χ0) is 10.3. The SMILES string of the molecule is CC1Cn2c(nnc2-c2ccncc2)S1. The molecule has 1 atom stereocenters. The maximum Gasteiger partial charge on any atom is 0.191 e. The van der Waals surface area contributed by atoms with Crippen molar-refractivity contribution in [2.24, 2.45) is 0 Å². The molecule has 76 valence electrons. The molecule has 2 aromatic rings. The van der Waals surface area contributed by atoms with Crippen LogP contribution in [0.15, 0.2) is 29.7 Å². The van der Waals surface area contributed by atoms with Crippen LogP contribution in [0.1, 0.15) is 6.92 Å². The van der Waals surface area contributed by atoms with Crippen LogP contribution >= 0.6 is 11.8 Å². The summed E-state index contributed by atoms with van der Waals surface area (Å²) in [6.07, 6.45) is 3.56. The predicted octanol–water partition coefficient (Wildman–Crippen LogP) is 1.83. The van der Waals surface area contributed by atoms with E-state index < -0.39 is 0 Å². The minimum Gasteiger partial charge on any atom is -0.301 e. The van der Waals surface area contributed by atoms with Gasteiger partial charge in [0.15, 0.2) is 11.0 Å². The number of hydrogen-bond donors (Lipinski definition) is 0. The minimum atomic E-state index is 0.594. The van der Waals surface area contributed by atoms with E-state index in [0.717, 1.165) is 23.1 Å². The second-order valence-electron chi connectivity index (χ2n) is 3.58. The van der Waals surface area contributed by atoms with E-state index in [1.807, 2.05) is 12.1 Å².